The van der Waals surface area contributed by atoms with Crippen LogP contribution in [0.15, 0.2) is 33.8 Å². The zero-order valence-corrected chi connectivity index (χ0v) is 12.6. The van der Waals surface area contributed by atoms with E-state index in [1.807, 2.05) is 0 Å². The number of benzene rings is 1. The molecule has 1 aromatic carbocycles. The number of hydrogen-bond acceptors (Lipinski definition) is 4. The fourth-order valence-electron chi connectivity index (χ4n) is 1.61. The first-order chi connectivity index (χ1) is 9.33. The number of carbonyl (C=O) groups is 1. The summed E-state index contributed by atoms with van der Waals surface area (Å²) in [4.78, 5) is 11.1. The number of rotatable bonds is 4. The standard InChI is InChI=1S/C11H10BrN3O4S/c1-6-9(5-13-14-6)20(18,19)15-10-7(11(16)17)3-2-4-8(10)12/h2-5,15H,1H3,(H,13,14)(H,16,17). The summed E-state index contributed by atoms with van der Waals surface area (Å²) in [6.45, 7) is 1.56. The number of aromatic carboxylic acids is 1. The van der Waals surface area contributed by atoms with Gasteiger partial charge in [0, 0.05) is 4.47 Å². The van der Waals surface area contributed by atoms with Gasteiger partial charge in [-0.25, -0.2) is 13.2 Å². The molecule has 9 heteroatoms. The molecule has 0 radical (unpaired) electrons. The van der Waals surface area contributed by atoms with Crippen LogP contribution in [-0.4, -0.2) is 29.7 Å². The van der Waals surface area contributed by atoms with Gasteiger partial charge in [-0.2, -0.15) is 5.10 Å². The molecule has 20 heavy (non-hydrogen) atoms. The molecular formula is C11H10BrN3O4S. The Bertz CT molecular complexity index is 770. The molecule has 7 nitrogen and oxygen atoms in total. The lowest BCUT2D eigenvalue weighted by Gasteiger charge is -2.11. The van der Waals surface area contributed by atoms with Crippen molar-refractivity contribution in [3.63, 3.8) is 0 Å². The fourth-order valence-corrected chi connectivity index (χ4v) is 3.44. The first-order valence-electron chi connectivity index (χ1n) is 5.37. The van der Waals surface area contributed by atoms with Gasteiger partial charge in [0.2, 0.25) is 0 Å². The number of para-hydroxylation sites is 1. The van der Waals surface area contributed by atoms with E-state index in [0.717, 1.165) is 6.20 Å². The van der Waals surface area contributed by atoms with E-state index in [9.17, 15) is 13.2 Å². The maximum atomic E-state index is 12.2. The first-order valence-corrected chi connectivity index (χ1v) is 7.65. The minimum atomic E-state index is -3.92. The average molecular weight is 360 g/mol. The summed E-state index contributed by atoms with van der Waals surface area (Å²) in [6.07, 6.45) is 1.16. The van der Waals surface area contributed by atoms with Gasteiger partial charge in [0.1, 0.15) is 4.90 Å². The molecule has 1 heterocycles. The normalized spacial score (nSPS) is 11.3. The number of sulfonamides is 1. The van der Waals surface area contributed by atoms with Gasteiger partial charge in [-0.15, -0.1) is 0 Å². The number of anilines is 1. The van der Waals surface area contributed by atoms with Gasteiger partial charge in [-0.1, -0.05) is 6.07 Å². The van der Waals surface area contributed by atoms with E-state index in [0.29, 0.717) is 10.2 Å². The Morgan fingerprint density at radius 1 is 1.45 bits per heavy atom. The van der Waals surface area contributed by atoms with Crippen molar-refractivity contribution in [2.24, 2.45) is 0 Å². The summed E-state index contributed by atoms with van der Waals surface area (Å²) in [5.41, 5.74) is 0.186. The van der Waals surface area contributed by atoms with Crippen molar-refractivity contribution in [1.29, 1.82) is 0 Å². The molecule has 0 amide bonds. The van der Waals surface area contributed by atoms with Crippen LogP contribution in [0.25, 0.3) is 0 Å². The van der Waals surface area contributed by atoms with Crippen LogP contribution in [0, 0.1) is 6.92 Å². The third-order valence-corrected chi connectivity index (χ3v) is 4.68. The minimum absolute atomic E-state index is 0.0272. The monoisotopic (exact) mass is 359 g/mol. The highest BCUT2D eigenvalue weighted by Gasteiger charge is 2.23. The van der Waals surface area contributed by atoms with E-state index in [-0.39, 0.29) is 16.1 Å². The summed E-state index contributed by atoms with van der Waals surface area (Å²) in [7, 11) is -3.92. The number of nitrogens with zero attached hydrogens (tertiary/aromatic N) is 1. The smallest absolute Gasteiger partial charge is 0.337 e. The molecule has 0 unspecified atom stereocenters. The second-order valence-corrected chi connectivity index (χ2v) is 6.44. The highest BCUT2D eigenvalue weighted by atomic mass is 79.9. The van der Waals surface area contributed by atoms with Crippen molar-refractivity contribution in [2.45, 2.75) is 11.8 Å². The van der Waals surface area contributed by atoms with E-state index in [2.05, 4.69) is 30.8 Å². The fraction of sp³-hybridized carbons (Fsp3) is 0.0909. The summed E-state index contributed by atoms with van der Waals surface area (Å²) in [5.74, 6) is -1.23. The van der Waals surface area contributed by atoms with Crippen LogP contribution in [0.3, 0.4) is 0 Å². The van der Waals surface area contributed by atoms with Crippen LogP contribution >= 0.6 is 15.9 Å². The molecule has 3 N–H and O–H groups in total. The molecule has 0 saturated heterocycles. The quantitative estimate of drug-likeness (QED) is 0.772. The highest BCUT2D eigenvalue weighted by Crippen LogP contribution is 2.29. The second-order valence-electron chi connectivity index (χ2n) is 3.93. The molecule has 0 atom stereocenters. The third kappa shape index (κ3) is 2.68. The molecule has 0 spiro atoms. The largest absolute Gasteiger partial charge is 0.478 e. The predicted octanol–water partition coefficient (Wildman–Crippen LogP) is 1.98. The van der Waals surface area contributed by atoms with Crippen LogP contribution in [0.1, 0.15) is 16.1 Å². The molecule has 0 bridgehead atoms. The number of halogens is 1. The van der Waals surface area contributed by atoms with Crippen molar-refractivity contribution in [2.75, 3.05) is 4.72 Å². The van der Waals surface area contributed by atoms with Gasteiger partial charge < -0.3 is 5.11 Å². The molecular weight excluding hydrogens is 350 g/mol. The Kier molecular flexibility index (Phi) is 3.82. The first kappa shape index (κ1) is 14.5. The maximum absolute atomic E-state index is 12.2. The van der Waals surface area contributed by atoms with Crippen molar-refractivity contribution in [3.05, 3.63) is 40.1 Å². The number of nitrogens with one attached hydrogen (secondary N) is 2. The molecule has 2 aromatic rings. The van der Waals surface area contributed by atoms with Crippen LogP contribution in [0.4, 0.5) is 5.69 Å². The van der Waals surface area contributed by atoms with Crippen LogP contribution < -0.4 is 4.72 Å². The van der Waals surface area contributed by atoms with Gasteiger partial charge in [0.05, 0.1) is 23.1 Å². The van der Waals surface area contributed by atoms with E-state index in [1.54, 1.807) is 13.0 Å². The third-order valence-electron chi connectivity index (χ3n) is 2.55. The van der Waals surface area contributed by atoms with Crippen molar-refractivity contribution < 1.29 is 18.3 Å². The van der Waals surface area contributed by atoms with Gasteiger partial charge >= 0.3 is 5.97 Å². The Balaban J connectivity index is 2.50. The topological polar surface area (TPSA) is 112 Å². The van der Waals surface area contributed by atoms with Crippen molar-refractivity contribution >= 4 is 37.6 Å². The zero-order valence-electron chi connectivity index (χ0n) is 10.2. The van der Waals surface area contributed by atoms with Crippen LogP contribution in [0.5, 0.6) is 0 Å². The van der Waals surface area contributed by atoms with Gasteiger partial charge in [-0.3, -0.25) is 9.82 Å². The summed E-state index contributed by atoms with van der Waals surface area (Å²) in [6, 6.07) is 4.37. The lowest BCUT2D eigenvalue weighted by atomic mass is 10.2. The molecule has 0 aliphatic heterocycles. The van der Waals surface area contributed by atoms with Crippen molar-refractivity contribution in [1.82, 2.24) is 10.2 Å². The lowest BCUT2D eigenvalue weighted by molar-refractivity contribution is 0.0698. The number of aryl methyl sites for hydroxylation is 1. The number of hydrogen-bond donors (Lipinski definition) is 3. The SMILES string of the molecule is Cc1[nH]ncc1S(=O)(=O)Nc1c(Br)cccc1C(=O)O. The second kappa shape index (κ2) is 5.25. The highest BCUT2D eigenvalue weighted by molar-refractivity contribution is 9.10. The molecule has 2 rings (SSSR count). The number of H-pyrrole nitrogens is 1. The van der Waals surface area contributed by atoms with Gasteiger partial charge in [0.25, 0.3) is 10.0 Å². The Labute approximate surface area is 123 Å². The molecule has 0 aliphatic carbocycles. The predicted molar refractivity (Wildman–Crippen MR) is 75.2 cm³/mol. The number of aromatic nitrogens is 2. The maximum Gasteiger partial charge on any atom is 0.337 e. The van der Waals surface area contributed by atoms with Crippen LogP contribution in [-0.2, 0) is 10.0 Å². The van der Waals surface area contributed by atoms with E-state index < -0.39 is 16.0 Å². The Morgan fingerprint density at radius 3 is 2.70 bits per heavy atom. The summed E-state index contributed by atoms with van der Waals surface area (Å²) < 4.78 is 27.1. The number of carboxylic acid groups (broad SMARTS) is 1. The Hall–Kier alpha value is -1.87. The minimum Gasteiger partial charge on any atom is -0.478 e. The molecule has 0 fully saturated rings. The summed E-state index contributed by atoms with van der Waals surface area (Å²) in [5, 5.41) is 15.3. The lowest BCUT2D eigenvalue weighted by Crippen LogP contribution is -2.16. The zero-order chi connectivity index (χ0) is 14.9. The van der Waals surface area contributed by atoms with Gasteiger partial charge in [-0.05, 0) is 35.0 Å². The molecule has 106 valence electrons. The van der Waals surface area contributed by atoms with Gasteiger partial charge in [0.15, 0.2) is 0 Å². The van der Waals surface area contributed by atoms with Crippen LogP contribution in [0.2, 0.25) is 0 Å². The molecule has 0 aliphatic rings. The molecule has 1 aromatic heterocycles. The molecule has 0 saturated carbocycles. The average Bonchev–Trinajstić information content (AvgIpc) is 2.78. The van der Waals surface area contributed by atoms with E-state index >= 15 is 0 Å². The van der Waals surface area contributed by atoms with Crippen molar-refractivity contribution in [3.8, 4) is 0 Å². The Morgan fingerprint density at radius 2 is 2.15 bits per heavy atom. The number of aromatic amines is 1. The number of carboxylic acids is 1. The summed E-state index contributed by atoms with van der Waals surface area (Å²) >= 11 is 3.14. The van der Waals surface area contributed by atoms with E-state index in [4.69, 9.17) is 5.11 Å². The van der Waals surface area contributed by atoms with E-state index in [1.165, 1.54) is 12.1 Å².